The van der Waals surface area contributed by atoms with Gasteiger partial charge in [0.1, 0.15) is 29.7 Å². The molecule has 0 amide bonds. The second kappa shape index (κ2) is 27.0. The SMILES string of the molecule is C1=CCC=CC1.COc1cc2c(Oc3ccc(CC(=O)C4(C(=O)Cc5ccc(F)cc5)CC4)cc3F)ccnc2cc1O.COc1cc2c(Oc3ccc(CC(=O)C4(C(=O)Cc5ccc(F)cc5)CC4)cc3F)ccnc2cc1OCc1ccccc1. The lowest BCUT2D eigenvalue weighted by Crippen LogP contribution is -2.28. The maximum atomic E-state index is 15.3. The largest absolute Gasteiger partial charge is 0.504 e. The Bertz CT molecular complexity index is 4050. The summed E-state index contributed by atoms with van der Waals surface area (Å²) in [7, 11) is 2.95. The highest BCUT2D eigenvalue weighted by atomic mass is 19.1. The zero-order chi connectivity index (χ0) is 61.1. The van der Waals surface area contributed by atoms with E-state index < -0.39 is 22.5 Å². The summed E-state index contributed by atoms with van der Waals surface area (Å²) in [5.74, 6) is -1.22. The van der Waals surface area contributed by atoms with Crippen molar-refractivity contribution in [2.24, 2.45) is 10.8 Å². The Hall–Kier alpha value is -9.96. The molecular weight excluding hydrogens is 1120 g/mol. The number of Topliss-reactive ketones (excluding diaryl/α,β-unsaturated/α-hetero) is 4. The topological polar surface area (TPSA) is 160 Å². The van der Waals surface area contributed by atoms with Crippen molar-refractivity contribution in [2.45, 2.75) is 70.8 Å². The number of nitrogens with zero attached hydrogens (tertiary/aromatic N) is 2. The van der Waals surface area contributed by atoms with Crippen LogP contribution < -0.4 is 23.7 Å². The first-order valence-corrected chi connectivity index (χ1v) is 28.3. The quantitative estimate of drug-likeness (QED) is 0.0413. The molecule has 0 saturated heterocycles. The number of aromatic hydroxyl groups is 1. The van der Waals surface area contributed by atoms with Crippen molar-refractivity contribution in [3.63, 3.8) is 0 Å². The molecule has 0 spiro atoms. The van der Waals surface area contributed by atoms with Gasteiger partial charge in [-0.3, -0.25) is 29.1 Å². The number of ketones is 4. The molecule has 442 valence electrons. The van der Waals surface area contributed by atoms with Crippen molar-refractivity contribution in [1.29, 1.82) is 0 Å². The van der Waals surface area contributed by atoms with Gasteiger partial charge in [-0.25, -0.2) is 17.6 Å². The molecule has 3 aliphatic carbocycles. The Morgan fingerprint density at radius 1 is 0.437 bits per heavy atom. The minimum atomic E-state index is -1.06. The molecule has 2 aromatic heterocycles. The molecule has 0 aliphatic heterocycles. The Kier molecular flexibility index (Phi) is 18.6. The lowest BCUT2D eigenvalue weighted by atomic mass is 9.88. The van der Waals surface area contributed by atoms with E-state index >= 15 is 4.39 Å². The number of carbonyl (C=O) groups excluding carboxylic acids is 4. The van der Waals surface area contributed by atoms with Gasteiger partial charge in [-0.05, 0) is 139 Å². The van der Waals surface area contributed by atoms with Crippen LogP contribution in [0.2, 0.25) is 0 Å². The fourth-order valence-corrected chi connectivity index (χ4v) is 10.2. The normalized spacial score (nSPS) is 13.9. The predicted octanol–water partition coefficient (Wildman–Crippen LogP) is 15.2. The number of carbonyl (C=O) groups is 4. The molecule has 0 atom stereocenters. The fraction of sp³-hybridized carbons (Fsp3) is 0.211. The van der Waals surface area contributed by atoms with E-state index in [9.17, 15) is 37.5 Å². The molecule has 1 N–H and O–H groups in total. The molecule has 2 heterocycles. The molecule has 0 radical (unpaired) electrons. The summed E-state index contributed by atoms with van der Waals surface area (Å²) in [5.41, 5.74) is 2.09. The van der Waals surface area contributed by atoms with Gasteiger partial charge >= 0.3 is 0 Å². The Morgan fingerprint density at radius 2 is 0.851 bits per heavy atom. The first kappa shape index (κ1) is 60.2. The number of allylic oxidation sites excluding steroid dienone is 4. The molecule has 2 saturated carbocycles. The van der Waals surface area contributed by atoms with Gasteiger partial charge in [-0.15, -0.1) is 0 Å². The van der Waals surface area contributed by atoms with Crippen molar-refractivity contribution >= 4 is 44.9 Å². The number of aromatic nitrogens is 2. The molecule has 87 heavy (non-hydrogen) atoms. The number of halogens is 4. The van der Waals surface area contributed by atoms with Crippen LogP contribution in [0.5, 0.6) is 46.0 Å². The monoisotopic (exact) mass is 1180 g/mol. The summed E-state index contributed by atoms with van der Waals surface area (Å²) in [6.07, 6.45) is 15.8. The van der Waals surface area contributed by atoms with Gasteiger partial charge in [0, 0.05) is 61.0 Å². The minimum Gasteiger partial charge on any atom is -0.504 e. The van der Waals surface area contributed by atoms with Crippen LogP contribution in [0.3, 0.4) is 0 Å². The van der Waals surface area contributed by atoms with Crippen LogP contribution in [0, 0.1) is 34.1 Å². The smallest absolute Gasteiger partial charge is 0.166 e. The average molecular weight is 1180 g/mol. The van der Waals surface area contributed by atoms with E-state index in [1.807, 2.05) is 30.3 Å². The number of ether oxygens (including phenoxy) is 5. The van der Waals surface area contributed by atoms with Crippen LogP contribution in [-0.2, 0) is 51.5 Å². The van der Waals surface area contributed by atoms with Gasteiger partial charge in [0.2, 0.25) is 0 Å². The van der Waals surface area contributed by atoms with Crippen LogP contribution >= 0.6 is 0 Å². The highest BCUT2D eigenvalue weighted by Crippen LogP contribution is 2.50. The van der Waals surface area contributed by atoms with Crippen molar-refractivity contribution in [3.8, 4) is 46.0 Å². The van der Waals surface area contributed by atoms with E-state index in [0.29, 0.717) is 99.3 Å². The molecule has 9 aromatic rings. The standard InChI is InChI=1S/C36H29F2NO5.C29H23F2NO5.C6H8/c1-42-32-20-27-29(21-33(32)43-22-24-5-3-2-4-6-24)39-16-13-30(27)44-31-12-9-25(17-28(31)38)19-35(41)36(14-15-36)34(40)18-23-7-10-26(37)11-8-23;1-36-26-15-20-22(16-23(26)33)32-11-8-24(20)37-25-7-4-18(12-21(25)31)14-28(35)29(9-10-29)27(34)13-17-2-5-19(30)6-3-17;1-2-4-6-5-3-1/h2-13,16-17,20-21H,14-15,18-19,22H2,1H3;2-8,11-12,15-16,33H,9-10,13-14H2,1H3;1-2,5-6H,3-4H2. The van der Waals surface area contributed by atoms with Gasteiger partial charge in [0.05, 0.1) is 36.1 Å². The highest BCUT2D eigenvalue weighted by Gasteiger charge is 2.55. The summed E-state index contributed by atoms with van der Waals surface area (Å²) in [6, 6.07) is 39.3. The zero-order valence-corrected chi connectivity index (χ0v) is 47.7. The third-order valence-electron chi connectivity index (χ3n) is 15.5. The Labute approximate surface area is 499 Å². The van der Waals surface area contributed by atoms with E-state index in [2.05, 4.69) is 34.3 Å². The van der Waals surface area contributed by atoms with Crippen LogP contribution in [0.1, 0.15) is 66.3 Å². The molecule has 12 rings (SSSR count). The van der Waals surface area contributed by atoms with Gasteiger partial charge in [0.25, 0.3) is 0 Å². The van der Waals surface area contributed by atoms with E-state index in [1.54, 1.807) is 60.8 Å². The molecule has 0 bridgehead atoms. The lowest BCUT2D eigenvalue weighted by Gasteiger charge is -2.15. The van der Waals surface area contributed by atoms with Gasteiger partial charge in [-0.2, -0.15) is 0 Å². The molecule has 12 nitrogen and oxygen atoms in total. The van der Waals surface area contributed by atoms with E-state index in [4.69, 9.17) is 23.7 Å². The second-order valence-electron chi connectivity index (χ2n) is 21.4. The summed E-state index contributed by atoms with van der Waals surface area (Å²) in [5, 5.41) is 11.1. The number of fused-ring (bicyclic) bond motifs is 2. The van der Waals surface area contributed by atoms with Gasteiger partial charge in [-0.1, -0.05) is 91.0 Å². The van der Waals surface area contributed by atoms with Gasteiger partial charge in [0.15, 0.2) is 69.3 Å². The molecule has 2 fully saturated rings. The first-order chi connectivity index (χ1) is 42.1. The predicted molar refractivity (Wildman–Crippen MR) is 320 cm³/mol. The molecular formula is C71H60F4N2O10. The van der Waals surface area contributed by atoms with Gasteiger partial charge < -0.3 is 28.8 Å². The van der Waals surface area contributed by atoms with Crippen molar-refractivity contribution in [1.82, 2.24) is 9.97 Å². The summed E-state index contributed by atoms with van der Waals surface area (Å²) >= 11 is 0. The maximum absolute atomic E-state index is 15.3. The number of methoxy groups -OCH3 is 2. The maximum Gasteiger partial charge on any atom is 0.166 e. The number of hydrogen-bond donors (Lipinski definition) is 1. The molecule has 7 aromatic carbocycles. The fourth-order valence-electron chi connectivity index (χ4n) is 10.2. The number of benzene rings is 7. The number of hydrogen-bond acceptors (Lipinski definition) is 12. The number of rotatable bonds is 21. The van der Waals surface area contributed by atoms with Crippen LogP contribution in [0.25, 0.3) is 21.8 Å². The third kappa shape index (κ3) is 14.6. The van der Waals surface area contributed by atoms with Crippen LogP contribution in [0.4, 0.5) is 17.6 Å². The average Bonchev–Trinajstić information content (AvgIpc) is 1.88. The zero-order valence-electron chi connectivity index (χ0n) is 47.7. The van der Waals surface area contributed by atoms with Crippen molar-refractivity contribution in [3.05, 3.63) is 239 Å². The Balaban J connectivity index is 0.000000177. The molecule has 0 unspecified atom stereocenters. The van der Waals surface area contributed by atoms with Crippen LogP contribution in [0.15, 0.2) is 188 Å². The van der Waals surface area contributed by atoms with E-state index in [0.717, 1.165) is 18.4 Å². The summed E-state index contributed by atoms with van der Waals surface area (Å²) in [4.78, 5) is 60.7. The highest BCUT2D eigenvalue weighted by molar-refractivity contribution is 6.11. The second-order valence-corrected chi connectivity index (χ2v) is 21.4. The lowest BCUT2D eigenvalue weighted by molar-refractivity contribution is -0.135. The van der Waals surface area contributed by atoms with E-state index in [-0.39, 0.29) is 83.4 Å². The minimum absolute atomic E-state index is 0.0226. The number of phenols is 1. The first-order valence-electron chi connectivity index (χ1n) is 28.3. The van der Waals surface area contributed by atoms with Crippen LogP contribution in [-0.4, -0.2) is 52.4 Å². The number of phenolic OH excluding ortho intramolecular Hbond substituents is 1. The molecule has 16 heteroatoms. The summed E-state index contributed by atoms with van der Waals surface area (Å²) in [6.45, 7) is 0.350. The Morgan fingerprint density at radius 3 is 1.26 bits per heavy atom. The number of pyridine rings is 2. The third-order valence-corrected chi connectivity index (χ3v) is 15.5. The summed E-state index contributed by atoms with van der Waals surface area (Å²) < 4.78 is 85.0. The van der Waals surface area contributed by atoms with Crippen molar-refractivity contribution < 1.29 is 65.5 Å². The molecule has 3 aliphatic rings. The van der Waals surface area contributed by atoms with E-state index in [1.165, 1.54) is 87.1 Å². The van der Waals surface area contributed by atoms with Crippen molar-refractivity contribution in [2.75, 3.05) is 14.2 Å².